The van der Waals surface area contributed by atoms with E-state index in [-0.39, 0.29) is 11.8 Å². The van der Waals surface area contributed by atoms with Gasteiger partial charge in [-0.1, -0.05) is 32.6 Å². The van der Waals surface area contributed by atoms with Crippen molar-refractivity contribution in [2.45, 2.75) is 52.4 Å². The van der Waals surface area contributed by atoms with Crippen molar-refractivity contribution < 1.29 is 4.79 Å². The second-order valence-corrected chi connectivity index (χ2v) is 4.41. The monoisotopic (exact) mass is 197 g/mol. The van der Waals surface area contributed by atoms with Crippen molar-refractivity contribution in [3.05, 3.63) is 0 Å². The molecular weight excluding hydrogens is 174 g/mol. The summed E-state index contributed by atoms with van der Waals surface area (Å²) in [5.41, 5.74) is 0. The zero-order valence-corrected chi connectivity index (χ0v) is 9.51. The summed E-state index contributed by atoms with van der Waals surface area (Å²) in [6.07, 6.45) is 7.37. The van der Waals surface area contributed by atoms with E-state index in [9.17, 15) is 4.79 Å². The molecule has 14 heavy (non-hydrogen) atoms. The topological polar surface area (TPSA) is 29.1 Å². The molecule has 0 aromatic heterocycles. The Balaban J connectivity index is 2.32. The van der Waals surface area contributed by atoms with Gasteiger partial charge in [0.2, 0.25) is 5.91 Å². The molecule has 1 fully saturated rings. The Morgan fingerprint density at radius 1 is 1.43 bits per heavy atom. The Kier molecular flexibility index (Phi) is 4.99. The van der Waals surface area contributed by atoms with Crippen LogP contribution in [0, 0.1) is 11.8 Å². The second-order valence-electron chi connectivity index (χ2n) is 4.41. The first kappa shape index (κ1) is 11.5. The highest BCUT2D eigenvalue weighted by Gasteiger charge is 2.25. The minimum Gasteiger partial charge on any atom is -0.356 e. The van der Waals surface area contributed by atoms with E-state index < -0.39 is 0 Å². The molecule has 1 unspecified atom stereocenters. The van der Waals surface area contributed by atoms with E-state index in [2.05, 4.69) is 12.2 Å². The van der Waals surface area contributed by atoms with Crippen molar-refractivity contribution in [1.29, 1.82) is 0 Å². The van der Waals surface area contributed by atoms with Crippen LogP contribution >= 0.6 is 0 Å². The van der Waals surface area contributed by atoms with Gasteiger partial charge in [-0.3, -0.25) is 4.79 Å². The second kappa shape index (κ2) is 6.05. The first-order valence-corrected chi connectivity index (χ1v) is 6.05. The van der Waals surface area contributed by atoms with Gasteiger partial charge in [-0.05, 0) is 25.7 Å². The van der Waals surface area contributed by atoms with Crippen molar-refractivity contribution in [3.8, 4) is 0 Å². The predicted molar refractivity (Wildman–Crippen MR) is 59.0 cm³/mol. The fraction of sp³-hybridized carbons (Fsp3) is 0.917. The van der Waals surface area contributed by atoms with Crippen LogP contribution in [0.15, 0.2) is 0 Å². The van der Waals surface area contributed by atoms with E-state index >= 15 is 0 Å². The molecule has 1 saturated carbocycles. The zero-order valence-electron chi connectivity index (χ0n) is 9.51. The molecular formula is C12H23NO. The highest BCUT2D eigenvalue weighted by Crippen LogP contribution is 2.33. The molecule has 0 radical (unpaired) electrons. The number of carbonyl (C=O) groups is 1. The molecule has 1 atom stereocenters. The molecule has 82 valence electrons. The van der Waals surface area contributed by atoms with Gasteiger partial charge >= 0.3 is 0 Å². The van der Waals surface area contributed by atoms with Crippen LogP contribution in [0.5, 0.6) is 0 Å². The lowest BCUT2D eigenvalue weighted by molar-refractivity contribution is -0.125. The van der Waals surface area contributed by atoms with Crippen LogP contribution < -0.4 is 5.32 Å². The highest BCUT2D eigenvalue weighted by atomic mass is 16.1. The maximum atomic E-state index is 11.7. The van der Waals surface area contributed by atoms with Crippen LogP contribution in [0.2, 0.25) is 0 Å². The molecule has 0 bridgehead atoms. The van der Waals surface area contributed by atoms with Crippen LogP contribution in [0.25, 0.3) is 0 Å². The van der Waals surface area contributed by atoms with Gasteiger partial charge in [0.05, 0.1) is 0 Å². The van der Waals surface area contributed by atoms with Crippen molar-refractivity contribution in [2.75, 3.05) is 6.54 Å². The van der Waals surface area contributed by atoms with Crippen molar-refractivity contribution in [3.63, 3.8) is 0 Å². The van der Waals surface area contributed by atoms with Crippen LogP contribution in [-0.4, -0.2) is 12.5 Å². The number of nitrogens with one attached hydrogen (secondary N) is 1. The van der Waals surface area contributed by atoms with Crippen LogP contribution in [-0.2, 0) is 4.79 Å². The number of hydrogen-bond acceptors (Lipinski definition) is 1. The molecule has 1 N–H and O–H groups in total. The summed E-state index contributed by atoms with van der Waals surface area (Å²) in [6.45, 7) is 4.92. The largest absolute Gasteiger partial charge is 0.356 e. The van der Waals surface area contributed by atoms with Gasteiger partial charge in [0.15, 0.2) is 0 Å². The maximum Gasteiger partial charge on any atom is 0.223 e. The summed E-state index contributed by atoms with van der Waals surface area (Å²) in [5, 5.41) is 2.95. The third-order valence-electron chi connectivity index (χ3n) is 3.20. The number of rotatable bonds is 6. The van der Waals surface area contributed by atoms with Crippen LogP contribution in [0.3, 0.4) is 0 Å². The van der Waals surface area contributed by atoms with Gasteiger partial charge in [-0.25, -0.2) is 0 Å². The van der Waals surface area contributed by atoms with Gasteiger partial charge in [0.1, 0.15) is 0 Å². The number of carbonyl (C=O) groups excluding carboxylic acids is 1. The lowest BCUT2D eigenvalue weighted by Crippen LogP contribution is -2.32. The molecule has 1 aliphatic rings. The summed E-state index contributed by atoms with van der Waals surface area (Å²) in [7, 11) is 0. The molecule has 0 aromatic rings. The van der Waals surface area contributed by atoms with Crippen molar-refractivity contribution in [1.82, 2.24) is 5.32 Å². The summed E-state index contributed by atoms with van der Waals surface area (Å²) >= 11 is 0. The third-order valence-corrected chi connectivity index (χ3v) is 3.20. The fourth-order valence-corrected chi connectivity index (χ4v) is 2.15. The molecule has 0 aromatic carbocycles. The maximum absolute atomic E-state index is 11.7. The minimum absolute atomic E-state index is 0.279. The SMILES string of the molecule is CCCC(CC1CCC1)C(=O)NCC. The van der Waals surface area contributed by atoms with Gasteiger partial charge < -0.3 is 5.32 Å². The number of amides is 1. The van der Waals surface area contributed by atoms with Gasteiger partial charge in [-0.2, -0.15) is 0 Å². The number of hydrogen-bond donors (Lipinski definition) is 1. The molecule has 1 amide bonds. The van der Waals surface area contributed by atoms with Crippen LogP contribution in [0.1, 0.15) is 52.4 Å². The highest BCUT2D eigenvalue weighted by molar-refractivity contribution is 5.78. The first-order valence-electron chi connectivity index (χ1n) is 6.05. The molecule has 1 aliphatic carbocycles. The van der Waals surface area contributed by atoms with Crippen molar-refractivity contribution >= 4 is 5.91 Å². The molecule has 0 saturated heterocycles. The summed E-state index contributed by atoms with van der Waals surface area (Å²) < 4.78 is 0. The van der Waals surface area contributed by atoms with Gasteiger partial charge in [0, 0.05) is 12.5 Å². The third kappa shape index (κ3) is 3.32. The smallest absolute Gasteiger partial charge is 0.223 e. The summed E-state index contributed by atoms with van der Waals surface area (Å²) in [6, 6.07) is 0. The zero-order chi connectivity index (χ0) is 10.4. The quantitative estimate of drug-likeness (QED) is 0.697. The Labute approximate surface area is 87.5 Å². The molecule has 0 spiro atoms. The van der Waals surface area contributed by atoms with Crippen LogP contribution in [0.4, 0.5) is 0 Å². The summed E-state index contributed by atoms with van der Waals surface area (Å²) in [5.74, 6) is 1.40. The standard InChI is InChI=1S/C12H23NO/c1-3-6-11(12(14)13-4-2)9-10-7-5-8-10/h10-11H,3-9H2,1-2H3,(H,13,14). The Hall–Kier alpha value is -0.530. The average molecular weight is 197 g/mol. The van der Waals surface area contributed by atoms with E-state index in [1.165, 1.54) is 19.3 Å². The van der Waals surface area contributed by atoms with E-state index in [1.54, 1.807) is 0 Å². The lowest BCUT2D eigenvalue weighted by Gasteiger charge is -2.29. The molecule has 0 heterocycles. The van der Waals surface area contributed by atoms with Crippen molar-refractivity contribution in [2.24, 2.45) is 11.8 Å². The first-order chi connectivity index (χ1) is 6.77. The summed E-state index contributed by atoms with van der Waals surface area (Å²) in [4.78, 5) is 11.7. The molecule has 1 rings (SSSR count). The van der Waals surface area contributed by atoms with Gasteiger partial charge in [-0.15, -0.1) is 0 Å². The Bertz CT molecular complexity index is 175. The average Bonchev–Trinajstić information content (AvgIpc) is 2.09. The normalized spacial score (nSPS) is 18.7. The Morgan fingerprint density at radius 2 is 2.14 bits per heavy atom. The Morgan fingerprint density at radius 3 is 2.57 bits per heavy atom. The minimum atomic E-state index is 0.279. The lowest BCUT2D eigenvalue weighted by atomic mass is 9.78. The van der Waals surface area contributed by atoms with E-state index in [4.69, 9.17) is 0 Å². The molecule has 0 aliphatic heterocycles. The molecule has 2 nitrogen and oxygen atoms in total. The van der Waals surface area contributed by atoms with Gasteiger partial charge in [0.25, 0.3) is 0 Å². The van der Waals surface area contributed by atoms with E-state index in [0.29, 0.717) is 0 Å². The van der Waals surface area contributed by atoms with E-state index in [0.717, 1.165) is 31.7 Å². The fourth-order valence-electron chi connectivity index (χ4n) is 2.15. The molecule has 2 heteroatoms. The van der Waals surface area contributed by atoms with E-state index in [1.807, 2.05) is 6.92 Å². The predicted octanol–water partition coefficient (Wildman–Crippen LogP) is 2.73.